The van der Waals surface area contributed by atoms with Crippen LogP contribution in [-0.2, 0) is 6.42 Å². The van der Waals surface area contributed by atoms with Crippen LogP contribution in [0.2, 0.25) is 0 Å². The zero-order chi connectivity index (χ0) is 11.7. The van der Waals surface area contributed by atoms with Crippen molar-refractivity contribution in [2.24, 2.45) is 5.73 Å². The van der Waals surface area contributed by atoms with Crippen LogP contribution < -0.4 is 5.73 Å². The molecule has 0 aliphatic heterocycles. The number of halogens is 2. The van der Waals surface area contributed by atoms with Gasteiger partial charge in [-0.2, -0.15) is 5.21 Å². The van der Waals surface area contributed by atoms with E-state index in [1.165, 1.54) is 0 Å². The van der Waals surface area contributed by atoms with Gasteiger partial charge >= 0.3 is 0 Å². The van der Waals surface area contributed by atoms with E-state index in [1.807, 2.05) is 18.2 Å². The van der Waals surface area contributed by atoms with Crippen molar-refractivity contribution in [1.29, 1.82) is 0 Å². The molecule has 0 atom stereocenters. The van der Waals surface area contributed by atoms with E-state index < -0.39 is 0 Å². The van der Waals surface area contributed by atoms with Crippen molar-refractivity contribution in [3.8, 4) is 11.4 Å². The lowest BCUT2D eigenvalue weighted by Crippen LogP contribution is -2.03. The van der Waals surface area contributed by atoms with E-state index in [2.05, 4.69) is 30.6 Å². The number of aromatic amines is 2. The minimum atomic E-state index is 0. The Kier molecular flexibility index (Phi) is 5.22. The van der Waals surface area contributed by atoms with Crippen molar-refractivity contribution in [1.82, 2.24) is 30.6 Å². The van der Waals surface area contributed by atoms with Gasteiger partial charge in [0.2, 0.25) is 5.82 Å². The fourth-order valence-electron chi connectivity index (χ4n) is 1.74. The van der Waals surface area contributed by atoms with Gasteiger partial charge in [0.15, 0.2) is 0 Å². The third-order valence-corrected chi connectivity index (χ3v) is 2.52. The highest BCUT2D eigenvalue weighted by molar-refractivity contribution is 5.85. The molecule has 0 spiro atoms. The van der Waals surface area contributed by atoms with Gasteiger partial charge in [-0.15, -0.1) is 35.0 Å². The van der Waals surface area contributed by atoms with Crippen LogP contribution in [0.3, 0.4) is 0 Å². The Morgan fingerprint density at radius 3 is 2.74 bits per heavy atom. The number of hydrogen-bond acceptors (Lipinski definition) is 5. The van der Waals surface area contributed by atoms with E-state index in [9.17, 15) is 0 Å². The molecule has 0 bridgehead atoms. The largest absolute Gasteiger partial charge is 0.342 e. The number of hydrogen-bond donors (Lipinski definition) is 3. The number of imidazole rings is 1. The lowest BCUT2D eigenvalue weighted by Gasteiger charge is -1.93. The van der Waals surface area contributed by atoms with Gasteiger partial charge in [0.05, 0.1) is 11.0 Å². The second-order valence-corrected chi connectivity index (χ2v) is 3.69. The molecule has 3 aromatic rings. The summed E-state index contributed by atoms with van der Waals surface area (Å²) < 4.78 is 0. The topological polar surface area (TPSA) is 109 Å². The minimum Gasteiger partial charge on any atom is -0.342 e. The number of rotatable bonds is 3. The molecule has 19 heavy (non-hydrogen) atoms. The normalized spacial score (nSPS) is 9.95. The second-order valence-electron chi connectivity index (χ2n) is 3.69. The number of aromatic nitrogens is 6. The molecule has 0 aliphatic carbocycles. The standard InChI is InChI=1S/C10H11N7.2ClH/c11-4-3-9-12-7-2-1-6(5-8(7)13-9)10-14-16-17-15-10;;/h1-2,5H,3-4,11H2,(H,12,13)(H,14,15,16,17);2*1H. The molecule has 3 rings (SSSR count). The minimum absolute atomic E-state index is 0. The molecule has 2 heterocycles. The lowest BCUT2D eigenvalue weighted by molar-refractivity contribution is 0.881. The summed E-state index contributed by atoms with van der Waals surface area (Å²) in [5, 5.41) is 13.8. The SMILES string of the molecule is Cl.Cl.NCCc1nc2ccc(-c3nn[nH]n3)cc2[nH]1. The molecule has 1 aromatic carbocycles. The number of nitrogens with two attached hydrogens (primary N) is 1. The number of nitrogens with zero attached hydrogens (tertiary/aromatic N) is 4. The van der Waals surface area contributed by atoms with Crippen LogP contribution in [0.5, 0.6) is 0 Å². The van der Waals surface area contributed by atoms with Crippen molar-refractivity contribution < 1.29 is 0 Å². The summed E-state index contributed by atoms with van der Waals surface area (Å²) in [7, 11) is 0. The second kappa shape index (κ2) is 6.46. The smallest absolute Gasteiger partial charge is 0.204 e. The summed E-state index contributed by atoms with van der Waals surface area (Å²) in [6.45, 7) is 0.581. The summed E-state index contributed by atoms with van der Waals surface area (Å²) in [4.78, 5) is 7.65. The highest BCUT2D eigenvalue weighted by atomic mass is 35.5. The quantitative estimate of drug-likeness (QED) is 0.671. The Labute approximate surface area is 121 Å². The first-order valence-electron chi connectivity index (χ1n) is 5.29. The Bertz CT molecular complexity index is 634. The highest BCUT2D eigenvalue weighted by Gasteiger charge is 2.06. The van der Waals surface area contributed by atoms with Crippen LogP contribution in [-0.4, -0.2) is 37.1 Å². The van der Waals surface area contributed by atoms with Crippen molar-refractivity contribution in [3.05, 3.63) is 24.0 Å². The Balaban J connectivity index is 0.000000902. The van der Waals surface area contributed by atoms with Gasteiger partial charge < -0.3 is 10.7 Å². The van der Waals surface area contributed by atoms with Gasteiger partial charge in [-0.25, -0.2) is 4.98 Å². The molecule has 4 N–H and O–H groups in total. The van der Waals surface area contributed by atoms with Crippen LogP contribution >= 0.6 is 24.8 Å². The summed E-state index contributed by atoms with van der Waals surface area (Å²) >= 11 is 0. The summed E-state index contributed by atoms with van der Waals surface area (Å²) in [6, 6.07) is 5.80. The summed E-state index contributed by atoms with van der Waals surface area (Å²) in [5.41, 5.74) is 8.27. The fourth-order valence-corrected chi connectivity index (χ4v) is 1.74. The zero-order valence-electron chi connectivity index (χ0n) is 9.83. The molecule has 0 saturated carbocycles. The van der Waals surface area contributed by atoms with E-state index in [-0.39, 0.29) is 24.8 Å². The molecule has 0 aliphatic rings. The van der Waals surface area contributed by atoms with Crippen LogP contribution in [0.25, 0.3) is 22.4 Å². The molecule has 9 heteroatoms. The van der Waals surface area contributed by atoms with Crippen molar-refractivity contribution in [2.75, 3.05) is 6.54 Å². The van der Waals surface area contributed by atoms with E-state index in [4.69, 9.17) is 5.73 Å². The molecule has 7 nitrogen and oxygen atoms in total. The fraction of sp³-hybridized carbons (Fsp3) is 0.200. The van der Waals surface area contributed by atoms with Gasteiger partial charge in [0.25, 0.3) is 0 Å². The number of benzene rings is 1. The number of nitrogens with one attached hydrogen (secondary N) is 2. The van der Waals surface area contributed by atoms with Gasteiger partial charge in [0.1, 0.15) is 5.82 Å². The van der Waals surface area contributed by atoms with Gasteiger partial charge in [0, 0.05) is 12.0 Å². The van der Waals surface area contributed by atoms with E-state index in [1.54, 1.807) is 0 Å². The first kappa shape index (κ1) is 15.4. The van der Waals surface area contributed by atoms with Crippen molar-refractivity contribution in [3.63, 3.8) is 0 Å². The summed E-state index contributed by atoms with van der Waals surface area (Å²) in [5.74, 6) is 1.47. The number of tetrazole rings is 1. The lowest BCUT2D eigenvalue weighted by atomic mass is 10.2. The average molecular weight is 302 g/mol. The highest BCUT2D eigenvalue weighted by Crippen LogP contribution is 2.19. The van der Waals surface area contributed by atoms with E-state index in [0.717, 1.165) is 28.8 Å². The van der Waals surface area contributed by atoms with Crippen LogP contribution in [0, 0.1) is 0 Å². The van der Waals surface area contributed by atoms with Crippen LogP contribution in [0.1, 0.15) is 5.82 Å². The molecule has 102 valence electrons. The molecule has 0 amide bonds. The monoisotopic (exact) mass is 301 g/mol. The molecule has 0 fully saturated rings. The van der Waals surface area contributed by atoms with Gasteiger partial charge in [-0.05, 0) is 30.0 Å². The van der Waals surface area contributed by atoms with Crippen LogP contribution in [0.15, 0.2) is 18.2 Å². The van der Waals surface area contributed by atoms with E-state index in [0.29, 0.717) is 12.4 Å². The first-order chi connectivity index (χ1) is 8.36. The Morgan fingerprint density at radius 1 is 1.21 bits per heavy atom. The molecule has 0 saturated heterocycles. The van der Waals surface area contributed by atoms with E-state index >= 15 is 0 Å². The Hall–Kier alpha value is -1.70. The average Bonchev–Trinajstić information content (AvgIpc) is 2.96. The number of H-pyrrole nitrogens is 2. The molecule has 0 radical (unpaired) electrons. The van der Waals surface area contributed by atoms with Crippen molar-refractivity contribution >= 4 is 35.8 Å². The first-order valence-corrected chi connectivity index (χ1v) is 5.29. The molecule has 0 unspecified atom stereocenters. The Morgan fingerprint density at radius 2 is 2.05 bits per heavy atom. The third-order valence-electron chi connectivity index (χ3n) is 2.52. The molecular formula is C10H13Cl2N7. The number of fused-ring (bicyclic) bond motifs is 1. The summed E-state index contributed by atoms with van der Waals surface area (Å²) in [6.07, 6.45) is 0.742. The zero-order valence-corrected chi connectivity index (χ0v) is 11.5. The maximum atomic E-state index is 5.50. The van der Waals surface area contributed by atoms with Gasteiger partial charge in [-0.1, -0.05) is 0 Å². The maximum Gasteiger partial charge on any atom is 0.204 e. The van der Waals surface area contributed by atoms with Crippen molar-refractivity contribution in [2.45, 2.75) is 6.42 Å². The third kappa shape index (κ3) is 3.01. The molecule has 2 aromatic heterocycles. The predicted octanol–water partition coefficient (Wildman–Crippen LogP) is 1.09. The maximum absolute atomic E-state index is 5.50. The van der Waals surface area contributed by atoms with Crippen LogP contribution in [0.4, 0.5) is 0 Å². The predicted molar refractivity (Wildman–Crippen MR) is 76.5 cm³/mol. The van der Waals surface area contributed by atoms with Gasteiger partial charge in [-0.3, -0.25) is 0 Å². The molecular weight excluding hydrogens is 289 g/mol.